The highest BCUT2D eigenvalue weighted by molar-refractivity contribution is 5.90. The summed E-state index contributed by atoms with van der Waals surface area (Å²) in [6.45, 7) is 4.11. The third kappa shape index (κ3) is 22.4. The van der Waals surface area contributed by atoms with Crippen LogP contribution in [-0.2, 0) is 19.1 Å². The molecule has 0 radical (unpaired) electrons. The molecule has 0 bridgehead atoms. The molecule has 0 aliphatic rings. The van der Waals surface area contributed by atoms with E-state index in [1.165, 1.54) is 57.8 Å². The first kappa shape index (κ1) is 28.9. The van der Waals surface area contributed by atoms with Crippen LogP contribution in [0, 0.1) is 0 Å². The van der Waals surface area contributed by atoms with Crippen LogP contribution in [0.25, 0.3) is 0 Å². The Bertz CT molecular complexity index is 542. The molecule has 31 heavy (non-hydrogen) atoms. The lowest BCUT2D eigenvalue weighted by atomic mass is 10.1. The van der Waals surface area contributed by atoms with E-state index >= 15 is 0 Å². The topological polar surface area (TPSA) is 92.7 Å². The molecule has 0 aromatic rings. The van der Waals surface area contributed by atoms with Gasteiger partial charge in [-0.05, 0) is 39.0 Å². The molecule has 1 atom stereocenters. The minimum absolute atomic E-state index is 0.0541. The van der Waals surface area contributed by atoms with Gasteiger partial charge in [0.15, 0.2) is 0 Å². The number of carbonyl (C=O) groups is 3. The van der Waals surface area contributed by atoms with Gasteiger partial charge in [0.2, 0.25) is 5.91 Å². The second kappa shape index (κ2) is 21.1. The van der Waals surface area contributed by atoms with Gasteiger partial charge in [-0.25, -0.2) is 9.59 Å². The molecule has 0 rings (SSSR count). The van der Waals surface area contributed by atoms with Crippen molar-refractivity contribution in [1.29, 1.82) is 0 Å². The van der Waals surface area contributed by atoms with Crippen LogP contribution in [0.5, 0.6) is 0 Å². The summed E-state index contributed by atoms with van der Waals surface area (Å²) in [7, 11) is 0. The molecule has 0 aliphatic heterocycles. The zero-order chi connectivity index (χ0) is 23.2. The Morgan fingerprint density at radius 2 is 1.39 bits per heavy atom. The Kier molecular flexibility index (Phi) is 19.7. The number of amides is 1. The number of hydrogen-bond acceptors (Lipinski definition) is 4. The van der Waals surface area contributed by atoms with Crippen LogP contribution in [0.15, 0.2) is 24.3 Å². The molecule has 1 amide bonds. The first-order valence-corrected chi connectivity index (χ1v) is 12.0. The van der Waals surface area contributed by atoms with E-state index in [9.17, 15) is 14.4 Å². The lowest BCUT2D eigenvalue weighted by Crippen LogP contribution is -2.32. The van der Waals surface area contributed by atoms with E-state index in [1.54, 1.807) is 6.92 Å². The second-order valence-corrected chi connectivity index (χ2v) is 8.06. The van der Waals surface area contributed by atoms with Gasteiger partial charge < -0.3 is 15.2 Å². The number of aliphatic carboxylic acids is 1. The molecule has 1 unspecified atom stereocenters. The summed E-state index contributed by atoms with van der Waals surface area (Å²) in [4.78, 5) is 33.5. The van der Waals surface area contributed by atoms with Crippen molar-refractivity contribution in [3.05, 3.63) is 24.3 Å². The Balaban J connectivity index is 3.49. The van der Waals surface area contributed by atoms with E-state index in [1.807, 2.05) is 0 Å². The van der Waals surface area contributed by atoms with Gasteiger partial charge in [0.05, 0.1) is 6.54 Å². The van der Waals surface area contributed by atoms with Crippen molar-refractivity contribution in [2.45, 2.75) is 110 Å². The largest absolute Gasteiger partial charge is 0.478 e. The Hall–Kier alpha value is -2.11. The van der Waals surface area contributed by atoms with Gasteiger partial charge in [-0.15, -0.1) is 0 Å². The van der Waals surface area contributed by atoms with Crippen LogP contribution in [0.1, 0.15) is 104 Å². The molecule has 0 aliphatic carbocycles. The summed E-state index contributed by atoms with van der Waals surface area (Å²) in [5.74, 6) is -2.00. The number of nitrogens with one attached hydrogen (secondary N) is 1. The van der Waals surface area contributed by atoms with E-state index in [0.717, 1.165) is 37.8 Å². The summed E-state index contributed by atoms with van der Waals surface area (Å²) in [6.07, 6.45) is 22.1. The Morgan fingerprint density at radius 3 is 1.97 bits per heavy atom. The van der Waals surface area contributed by atoms with Crippen LogP contribution >= 0.6 is 0 Å². The van der Waals surface area contributed by atoms with E-state index in [0.29, 0.717) is 6.42 Å². The molecular weight excluding hydrogens is 394 g/mol. The monoisotopic (exact) mass is 437 g/mol. The van der Waals surface area contributed by atoms with E-state index in [4.69, 9.17) is 9.84 Å². The summed E-state index contributed by atoms with van der Waals surface area (Å²) >= 11 is 0. The second-order valence-electron chi connectivity index (χ2n) is 8.06. The molecule has 6 heteroatoms. The van der Waals surface area contributed by atoms with Gasteiger partial charge in [0.1, 0.15) is 6.10 Å². The average Bonchev–Trinajstić information content (AvgIpc) is 2.73. The number of rotatable bonds is 20. The first-order valence-electron chi connectivity index (χ1n) is 12.0. The SMILES string of the molecule is CCCCCCCC/C=C\CCCCCCCC(=O)NCC(C)OC(=O)/C=C\C(=O)O. The molecule has 0 spiro atoms. The fourth-order valence-corrected chi connectivity index (χ4v) is 3.12. The van der Waals surface area contributed by atoms with Crippen LogP contribution in [-0.4, -0.2) is 35.6 Å². The first-order chi connectivity index (χ1) is 15.0. The molecule has 0 saturated carbocycles. The highest BCUT2D eigenvalue weighted by atomic mass is 16.5. The highest BCUT2D eigenvalue weighted by Gasteiger charge is 2.09. The van der Waals surface area contributed by atoms with Crippen molar-refractivity contribution in [3.8, 4) is 0 Å². The number of ether oxygens (including phenoxy) is 1. The number of carboxylic acid groups (broad SMARTS) is 1. The van der Waals surface area contributed by atoms with Crippen LogP contribution < -0.4 is 5.32 Å². The van der Waals surface area contributed by atoms with Crippen molar-refractivity contribution in [2.24, 2.45) is 0 Å². The number of hydrogen-bond donors (Lipinski definition) is 2. The lowest BCUT2D eigenvalue weighted by molar-refractivity contribution is -0.143. The molecule has 0 heterocycles. The van der Waals surface area contributed by atoms with Crippen molar-refractivity contribution in [2.75, 3.05) is 6.54 Å². The van der Waals surface area contributed by atoms with Crippen molar-refractivity contribution >= 4 is 17.8 Å². The zero-order valence-corrected chi connectivity index (χ0v) is 19.6. The molecule has 0 aromatic heterocycles. The smallest absolute Gasteiger partial charge is 0.331 e. The number of carboxylic acids is 1. The molecule has 2 N–H and O–H groups in total. The van der Waals surface area contributed by atoms with Gasteiger partial charge in [0.25, 0.3) is 0 Å². The van der Waals surface area contributed by atoms with E-state index in [2.05, 4.69) is 24.4 Å². The normalized spacial score (nSPS) is 12.3. The zero-order valence-electron chi connectivity index (χ0n) is 19.6. The molecule has 0 saturated heterocycles. The predicted molar refractivity (Wildman–Crippen MR) is 125 cm³/mol. The van der Waals surface area contributed by atoms with Gasteiger partial charge in [-0.1, -0.05) is 70.4 Å². The maximum absolute atomic E-state index is 11.8. The quantitative estimate of drug-likeness (QED) is 0.110. The van der Waals surface area contributed by atoms with Crippen LogP contribution in [0.3, 0.4) is 0 Å². The predicted octanol–water partition coefficient (Wildman–Crippen LogP) is 5.71. The average molecular weight is 438 g/mol. The maximum Gasteiger partial charge on any atom is 0.331 e. The number of esters is 1. The fraction of sp³-hybridized carbons (Fsp3) is 0.720. The van der Waals surface area contributed by atoms with Gasteiger partial charge >= 0.3 is 11.9 Å². The molecule has 0 aromatic carbocycles. The van der Waals surface area contributed by atoms with Crippen LogP contribution in [0.2, 0.25) is 0 Å². The van der Waals surface area contributed by atoms with Gasteiger partial charge in [-0.2, -0.15) is 0 Å². The van der Waals surface area contributed by atoms with Crippen molar-refractivity contribution < 1.29 is 24.2 Å². The van der Waals surface area contributed by atoms with Gasteiger partial charge in [-0.3, -0.25) is 4.79 Å². The third-order valence-electron chi connectivity index (χ3n) is 4.93. The van der Waals surface area contributed by atoms with E-state index in [-0.39, 0.29) is 12.5 Å². The highest BCUT2D eigenvalue weighted by Crippen LogP contribution is 2.10. The molecule has 0 fully saturated rings. The molecule has 6 nitrogen and oxygen atoms in total. The van der Waals surface area contributed by atoms with Crippen molar-refractivity contribution in [3.63, 3.8) is 0 Å². The maximum atomic E-state index is 11.8. The standard InChI is InChI=1S/C25H43NO5/c1-3-4-5-6-7-8-9-10-11-12-13-14-15-16-17-18-23(27)26-21-22(2)31-25(30)20-19-24(28)29/h10-11,19-20,22H,3-9,12-18,21H2,1-2H3,(H,26,27)(H,28,29)/b11-10-,20-19-. The fourth-order valence-electron chi connectivity index (χ4n) is 3.12. The third-order valence-corrected chi connectivity index (χ3v) is 4.93. The minimum Gasteiger partial charge on any atom is -0.478 e. The minimum atomic E-state index is -1.21. The lowest BCUT2D eigenvalue weighted by Gasteiger charge is -2.12. The Labute approximate surface area is 188 Å². The molecule has 178 valence electrons. The summed E-state index contributed by atoms with van der Waals surface area (Å²) < 4.78 is 4.97. The summed E-state index contributed by atoms with van der Waals surface area (Å²) in [5.41, 5.74) is 0. The summed E-state index contributed by atoms with van der Waals surface area (Å²) in [6, 6.07) is 0. The number of allylic oxidation sites excluding steroid dienone is 2. The summed E-state index contributed by atoms with van der Waals surface area (Å²) in [5, 5.41) is 11.2. The number of carbonyl (C=O) groups excluding carboxylic acids is 2. The number of unbranched alkanes of at least 4 members (excludes halogenated alkanes) is 11. The van der Waals surface area contributed by atoms with Crippen LogP contribution in [0.4, 0.5) is 0 Å². The van der Waals surface area contributed by atoms with Gasteiger partial charge in [0, 0.05) is 18.6 Å². The molecular formula is C25H43NO5. The van der Waals surface area contributed by atoms with Crippen molar-refractivity contribution in [1.82, 2.24) is 5.32 Å². The van der Waals surface area contributed by atoms with E-state index < -0.39 is 18.0 Å². The Morgan fingerprint density at radius 1 is 0.839 bits per heavy atom.